The molecule has 0 atom stereocenters. The van der Waals surface area contributed by atoms with Crippen molar-refractivity contribution in [3.8, 4) is 5.75 Å². The topological polar surface area (TPSA) is 91.7 Å². The smallest absolute Gasteiger partial charge is 0.270 e. The van der Waals surface area contributed by atoms with Gasteiger partial charge in [0.25, 0.3) is 5.91 Å². The quantitative estimate of drug-likeness (QED) is 0.547. The van der Waals surface area contributed by atoms with Gasteiger partial charge in [-0.1, -0.05) is 0 Å². The van der Waals surface area contributed by atoms with Gasteiger partial charge in [0.15, 0.2) is 11.5 Å². The zero-order valence-electron chi connectivity index (χ0n) is 17.9. The molecule has 0 bridgehead atoms. The van der Waals surface area contributed by atoms with Gasteiger partial charge in [-0.25, -0.2) is 0 Å². The molecule has 1 aromatic carbocycles. The number of H-pyrrole nitrogens is 1. The monoisotopic (exact) mass is 419 g/mol. The third kappa shape index (κ3) is 3.45. The molecule has 4 heterocycles. The van der Waals surface area contributed by atoms with Crippen molar-refractivity contribution in [1.29, 1.82) is 0 Å². The molecule has 0 radical (unpaired) electrons. The number of hydrogen-bond acceptors (Lipinski definition) is 6. The third-order valence-electron chi connectivity index (χ3n) is 5.94. The predicted octanol–water partition coefficient (Wildman–Crippen LogP) is 2.70. The fourth-order valence-corrected chi connectivity index (χ4v) is 4.15. The summed E-state index contributed by atoms with van der Waals surface area (Å²) in [6, 6.07) is 11.5. The van der Waals surface area contributed by atoms with Gasteiger partial charge in [0, 0.05) is 50.1 Å². The number of ether oxygens (including phenoxy) is 1. The highest BCUT2D eigenvalue weighted by Gasteiger charge is 2.28. The number of amides is 1. The number of nitrogens with one attached hydrogen (secondary N) is 1. The SMILES string of the molecule is COc1ccc2cc(C(=O)N3CCC(c4nnc5ccc(N(C)C)nn45)CC3)[nH]c2c1. The van der Waals surface area contributed by atoms with E-state index in [1.807, 2.05) is 64.8 Å². The maximum absolute atomic E-state index is 13.1. The summed E-state index contributed by atoms with van der Waals surface area (Å²) in [5.41, 5.74) is 2.25. The Morgan fingerprint density at radius 1 is 1.13 bits per heavy atom. The summed E-state index contributed by atoms with van der Waals surface area (Å²) in [6.07, 6.45) is 1.66. The van der Waals surface area contributed by atoms with Gasteiger partial charge in [-0.05, 0) is 43.2 Å². The van der Waals surface area contributed by atoms with Gasteiger partial charge in [0.2, 0.25) is 0 Å². The van der Waals surface area contributed by atoms with Gasteiger partial charge in [0.05, 0.1) is 7.11 Å². The van der Waals surface area contributed by atoms with Crippen molar-refractivity contribution in [2.45, 2.75) is 18.8 Å². The van der Waals surface area contributed by atoms with Crippen LogP contribution in [0.5, 0.6) is 5.75 Å². The summed E-state index contributed by atoms with van der Waals surface area (Å²) in [4.78, 5) is 20.2. The van der Waals surface area contributed by atoms with Gasteiger partial charge in [-0.2, -0.15) is 4.52 Å². The first-order valence-corrected chi connectivity index (χ1v) is 10.4. The number of anilines is 1. The van der Waals surface area contributed by atoms with Gasteiger partial charge in [0.1, 0.15) is 17.3 Å². The number of likely N-dealkylation sites (tertiary alicyclic amines) is 1. The first-order chi connectivity index (χ1) is 15.0. The van der Waals surface area contributed by atoms with Crippen molar-refractivity contribution in [3.05, 3.63) is 47.9 Å². The number of nitrogens with zero attached hydrogens (tertiary/aromatic N) is 6. The molecule has 31 heavy (non-hydrogen) atoms. The normalized spacial score (nSPS) is 15.0. The summed E-state index contributed by atoms with van der Waals surface area (Å²) in [6.45, 7) is 1.34. The van der Waals surface area contributed by atoms with Crippen LogP contribution in [0.2, 0.25) is 0 Å². The van der Waals surface area contributed by atoms with Crippen molar-refractivity contribution in [1.82, 2.24) is 29.7 Å². The largest absolute Gasteiger partial charge is 0.497 e. The van der Waals surface area contributed by atoms with Crippen molar-refractivity contribution in [2.75, 3.05) is 39.2 Å². The number of rotatable bonds is 4. The molecule has 9 heteroatoms. The van der Waals surface area contributed by atoms with E-state index < -0.39 is 0 Å². The minimum Gasteiger partial charge on any atom is -0.497 e. The van der Waals surface area contributed by atoms with Gasteiger partial charge in [-0.15, -0.1) is 15.3 Å². The van der Waals surface area contributed by atoms with Crippen LogP contribution in [0.1, 0.15) is 35.1 Å². The van der Waals surface area contributed by atoms with E-state index in [0.29, 0.717) is 18.8 Å². The molecule has 1 N–H and O–H groups in total. The van der Waals surface area contributed by atoms with Crippen LogP contribution in [0.15, 0.2) is 36.4 Å². The van der Waals surface area contributed by atoms with Crippen molar-refractivity contribution in [2.24, 2.45) is 0 Å². The third-order valence-corrected chi connectivity index (χ3v) is 5.94. The number of aromatic nitrogens is 5. The van der Waals surface area contributed by atoms with E-state index in [1.165, 1.54) is 0 Å². The van der Waals surface area contributed by atoms with Crippen LogP contribution in [0.3, 0.4) is 0 Å². The number of carbonyl (C=O) groups excluding carboxylic acids is 1. The second-order valence-electron chi connectivity index (χ2n) is 8.12. The Labute approximate surface area is 179 Å². The molecule has 5 rings (SSSR count). The second-order valence-corrected chi connectivity index (χ2v) is 8.12. The van der Waals surface area contributed by atoms with Crippen LogP contribution in [-0.2, 0) is 0 Å². The number of aromatic amines is 1. The molecule has 4 aromatic rings. The van der Waals surface area contributed by atoms with E-state index in [0.717, 1.165) is 46.8 Å². The minimum atomic E-state index is 0.0211. The Bertz CT molecular complexity index is 1250. The Morgan fingerprint density at radius 2 is 1.94 bits per heavy atom. The molecular weight excluding hydrogens is 394 g/mol. The number of fused-ring (bicyclic) bond motifs is 2. The summed E-state index contributed by atoms with van der Waals surface area (Å²) < 4.78 is 7.11. The van der Waals surface area contributed by atoms with Gasteiger partial charge in [-0.3, -0.25) is 4.79 Å². The number of methoxy groups -OCH3 is 1. The molecule has 1 aliphatic heterocycles. The lowest BCUT2D eigenvalue weighted by Gasteiger charge is -2.30. The molecule has 1 fully saturated rings. The fourth-order valence-electron chi connectivity index (χ4n) is 4.15. The van der Waals surface area contributed by atoms with Crippen molar-refractivity contribution >= 4 is 28.3 Å². The molecule has 0 aliphatic carbocycles. The van der Waals surface area contributed by atoms with E-state index in [2.05, 4.69) is 20.3 Å². The highest BCUT2D eigenvalue weighted by atomic mass is 16.5. The molecule has 1 amide bonds. The van der Waals surface area contributed by atoms with Crippen molar-refractivity contribution < 1.29 is 9.53 Å². The molecule has 1 aliphatic rings. The molecule has 3 aromatic heterocycles. The molecule has 0 saturated carbocycles. The Balaban J connectivity index is 1.32. The lowest BCUT2D eigenvalue weighted by molar-refractivity contribution is 0.0705. The zero-order chi connectivity index (χ0) is 21.5. The Morgan fingerprint density at radius 3 is 2.68 bits per heavy atom. The zero-order valence-corrected chi connectivity index (χ0v) is 17.9. The fraction of sp³-hybridized carbons (Fsp3) is 0.364. The van der Waals surface area contributed by atoms with Crippen LogP contribution in [0, 0.1) is 0 Å². The molecule has 1 saturated heterocycles. The summed E-state index contributed by atoms with van der Waals surface area (Å²) in [5, 5.41) is 14.3. The van der Waals surface area contributed by atoms with Crippen molar-refractivity contribution in [3.63, 3.8) is 0 Å². The maximum Gasteiger partial charge on any atom is 0.270 e. The molecule has 0 spiro atoms. The van der Waals surface area contributed by atoms with E-state index in [1.54, 1.807) is 7.11 Å². The van der Waals surface area contributed by atoms with Crippen LogP contribution in [0.4, 0.5) is 5.82 Å². The van der Waals surface area contributed by atoms with Gasteiger partial charge >= 0.3 is 0 Å². The van der Waals surface area contributed by atoms with Crippen LogP contribution in [0.25, 0.3) is 16.6 Å². The average molecular weight is 419 g/mol. The highest BCUT2D eigenvalue weighted by Crippen LogP contribution is 2.29. The first kappa shape index (κ1) is 19.3. The van der Waals surface area contributed by atoms with E-state index >= 15 is 0 Å². The van der Waals surface area contributed by atoms with Crippen LogP contribution >= 0.6 is 0 Å². The minimum absolute atomic E-state index is 0.0211. The molecule has 160 valence electrons. The summed E-state index contributed by atoms with van der Waals surface area (Å²) in [5.74, 6) is 2.73. The number of hydrogen-bond donors (Lipinski definition) is 1. The van der Waals surface area contributed by atoms with Crippen LogP contribution < -0.4 is 9.64 Å². The second kappa shape index (κ2) is 7.57. The lowest BCUT2D eigenvalue weighted by atomic mass is 9.96. The highest BCUT2D eigenvalue weighted by molar-refractivity contribution is 5.98. The summed E-state index contributed by atoms with van der Waals surface area (Å²) in [7, 11) is 5.56. The van der Waals surface area contributed by atoms with Crippen LogP contribution in [-0.4, -0.2) is 69.9 Å². The number of carbonyl (C=O) groups is 1. The maximum atomic E-state index is 13.1. The Kier molecular flexibility index (Phi) is 4.72. The summed E-state index contributed by atoms with van der Waals surface area (Å²) >= 11 is 0. The average Bonchev–Trinajstić information content (AvgIpc) is 3.41. The number of piperidine rings is 1. The van der Waals surface area contributed by atoms with E-state index in [9.17, 15) is 4.79 Å². The van der Waals surface area contributed by atoms with E-state index in [4.69, 9.17) is 4.74 Å². The number of benzene rings is 1. The predicted molar refractivity (Wildman–Crippen MR) is 118 cm³/mol. The standard InChI is InChI=1S/C22H25N7O2/c1-27(2)20-7-6-19-24-25-21(29(19)26-20)14-8-10-28(11-9-14)22(30)18-12-15-4-5-16(31-3)13-17(15)23-18/h4-7,12-14,23H,8-11H2,1-3H3. The first-order valence-electron chi connectivity index (χ1n) is 10.4. The molecular formula is C22H25N7O2. The lowest BCUT2D eigenvalue weighted by Crippen LogP contribution is -2.38. The molecule has 9 nitrogen and oxygen atoms in total. The molecule has 0 unspecified atom stereocenters. The van der Waals surface area contributed by atoms with E-state index in [-0.39, 0.29) is 11.8 Å². The Hall–Kier alpha value is -3.62. The van der Waals surface area contributed by atoms with Gasteiger partial charge < -0.3 is 19.5 Å².